The number of ether oxygens (including phenoxy) is 2. The largest absolute Gasteiger partial charge is 0.374 e. The Bertz CT molecular complexity index is 299. The monoisotopic (exact) mass is 210 g/mol. The highest BCUT2D eigenvalue weighted by molar-refractivity contribution is 5.16. The lowest BCUT2D eigenvalue weighted by atomic mass is 9.59. The van der Waals surface area contributed by atoms with Crippen molar-refractivity contribution < 1.29 is 9.47 Å². The van der Waals surface area contributed by atoms with Gasteiger partial charge in [-0.15, -0.1) is 0 Å². The van der Waals surface area contributed by atoms with Gasteiger partial charge in [0.2, 0.25) is 0 Å². The Balaban J connectivity index is 2.03. The topological polar surface area (TPSA) is 18.5 Å². The fourth-order valence-electron chi connectivity index (χ4n) is 4.48. The molecule has 0 spiro atoms. The van der Waals surface area contributed by atoms with E-state index in [1.807, 2.05) is 0 Å². The van der Waals surface area contributed by atoms with Gasteiger partial charge in [0.15, 0.2) is 0 Å². The fraction of sp³-hybridized carbons (Fsp3) is 1.00. The van der Waals surface area contributed by atoms with Gasteiger partial charge in [0.05, 0.1) is 24.4 Å². The molecule has 0 aromatic rings. The Kier molecular flexibility index (Phi) is 1.75. The zero-order valence-electron chi connectivity index (χ0n) is 10.4. The quantitative estimate of drug-likeness (QED) is 0.611. The van der Waals surface area contributed by atoms with Gasteiger partial charge in [-0.3, -0.25) is 0 Å². The number of hydrogen-bond acceptors (Lipinski definition) is 2. The van der Waals surface area contributed by atoms with Gasteiger partial charge >= 0.3 is 0 Å². The van der Waals surface area contributed by atoms with Crippen molar-refractivity contribution in [2.45, 2.75) is 52.4 Å². The number of fused-ring (bicyclic) bond motifs is 5. The first-order valence-corrected chi connectivity index (χ1v) is 6.17. The smallest absolute Gasteiger partial charge is 0.0688 e. The van der Waals surface area contributed by atoms with Crippen molar-refractivity contribution in [2.75, 3.05) is 6.61 Å². The van der Waals surface area contributed by atoms with Crippen molar-refractivity contribution in [1.82, 2.24) is 0 Å². The van der Waals surface area contributed by atoms with E-state index in [4.69, 9.17) is 9.47 Å². The molecule has 3 rings (SSSR count). The fourth-order valence-corrected chi connectivity index (χ4v) is 4.48. The lowest BCUT2D eigenvalue weighted by Crippen LogP contribution is -2.48. The molecule has 3 fully saturated rings. The molecule has 0 aliphatic carbocycles. The van der Waals surface area contributed by atoms with E-state index >= 15 is 0 Å². The van der Waals surface area contributed by atoms with Crippen LogP contribution >= 0.6 is 0 Å². The van der Waals surface area contributed by atoms with Crippen LogP contribution in [-0.2, 0) is 9.47 Å². The zero-order chi connectivity index (χ0) is 11.0. The molecule has 86 valence electrons. The van der Waals surface area contributed by atoms with Crippen molar-refractivity contribution in [3.63, 3.8) is 0 Å². The summed E-state index contributed by atoms with van der Waals surface area (Å²) < 4.78 is 12.2. The molecule has 3 heterocycles. The van der Waals surface area contributed by atoms with Gasteiger partial charge < -0.3 is 9.47 Å². The van der Waals surface area contributed by atoms with Gasteiger partial charge in [-0.25, -0.2) is 0 Å². The van der Waals surface area contributed by atoms with E-state index in [0.29, 0.717) is 30.0 Å². The van der Waals surface area contributed by atoms with Crippen molar-refractivity contribution >= 4 is 0 Å². The van der Waals surface area contributed by atoms with Crippen LogP contribution in [0, 0.1) is 23.2 Å². The highest BCUT2D eigenvalue weighted by Gasteiger charge is 2.69. The minimum atomic E-state index is 0.00255. The van der Waals surface area contributed by atoms with Crippen LogP contribution in [0.2, 0.25) is 0 Å². The molecule has 15 heavy (non-hydrogen) atoms. The molecule has 0 aromatic heterocycles. The van der Waals surface area contributed by atoms with Crippen molar-refractivity contribution in [1.29, 1.82) is 0 Å². The summed E-state index contributed by atoms with van der Waals surface area (Å²) in [5.74, 6) is 1.96. The molecular formula is C13H22O2. The summed E-state index contributed by atoms with van der Waals surface area (Å²) in [4.78, 5) is 0. The van der Waals surface area contributed by atoms with Gasteiger partial charge in [0.1, 0.15) is 0 Å². The summed E-state index contributed by atoms with van der Waals surface area (Å²) >= 11 is 0. The summed E-state index contributed by atoms with van der Waals surface area (Å²) in [6.45, 7) is 12.4. The summed E-state index contributed by atoms with van der Waals surface area (Å²) in [6.07, 6.45) is 0.844. The first-order valence-electron chi connectivity index (χ1n) is 6.17. The van der Waals surface area contributed by atoms with Crippen LogP contribution in [0.5, 0.6) is 0 Å². The Morgan fingerprint density at radius 1 is 1.07 bits per heavy atom. The lowest BCUT2D eigenvalue weighted by molar-refractivity contribution is -0.0451. The normalized spacial score (nSPS) is 61.0. The van der Waals surface area contributed by atoms with E-state index in [9.17, 15) is 0 Å². The Labute approximate surface area is 92.3 Å². The average molecular weight is 210 g/mol. The first-order chi connectivity index (χ1) is 6.88. The average Bonchev–Trinajstić information content (AvgIpc) is 2.67. The van der Waals surface area contributed by atoms with Crippen LogP contribution in [0.3, 0.4) is 0 Å². The molecule has 0 amide bonds. The second-order valence-electron chi connectivity index (χ2n) is 6.62. The lowest BCUT2D eigenvalue weighted by Gasteiger charge is -2.41. The second kappa shape index (κ2) is 2.60. The van der Waals surface area contributed by atoms with Crippen LogP contribution < -0.4 is 0 Å². The third-order valence-corrected chi connectivity index (χ3v) is 5.32. The Morgan fingerprint density at radius 3 is 2.40 bits per heavy atom. The van der Waals surface area contributed by atoms with Gasteiger partial charge in [0.25, 0.3) is 0 Å². The molecular weight excluding hydrogens is 188 g/mol. The molecule has 0 radical (unpaired) electrons. The summed E-state index contributed by atoms with van der Waals surface area (Å²) in [5, 5.41) is 0. The highest BCUT2D eigenvalue weighted by atomic mass is 16.5. The van der Waals surface area contributed by atoms with Crippen LogP contribution in [0.1, 0.15) is 34.6 Å². The van der Waals surface area contributed by atoms with Gasteiger partial charge in [0, 0.05) is 11.3 Å². The molecule has 0 saturated carbocycles. The predicted octanol–water partition coefficient (Wildman–Crippen LogP) is 2.47. The molecule has 2 heteroatoms. The Hall–Kier alpha value is -0.0800. The van der Waals surface area contributed by atoms with Crippen molar-refractivity contribution in [2.24, 2.45) is 23.2 Å². The first kappa shape index (κ1) is 10.1. The third-order valence-electron chi connectivity index (χ3n) is 5.32. The molecule has 3 aliphatic rings. The molecule has 0 aromatic carbocycles. The predicted molar refractivity (Wildman–Crippen MR) is 58.6 cm³/mol. The Morgan fingerprint density at radius 2 is 1.73 bits per heavy atom. The van der Waals surface area contributed by atoms with E-state index in [0.717, 1.165) is 6.61 Å². The van der Waals surface area contributed by atoms with E-state index in [2.05, 4.69) is 34.6 Å². The van der Waals surface area contributed by atoms with Crippen LogP contribution in [0.15, 0.2) is 0 Å². The zero-order valence-corrected chi connectivity index (χ0v) is 10.4. The van der Waals surface area contributed by atoms with E-state index < -0.39 is 0 Å². The van der Waals surface area contributed by atoms with Gasteiger partial charge in [-0.1, -0.05) is 20.8 Å². The second-order valence-corrected chi connectivity index (χ2v) is 6.62. The standard InChI is InChI=1S/C13H22O2/c1-7-8(2)11-13(5)6-14-12(3,4)10(13)9(7)15-11/h7-11H,6H2,1-5H3. The molecule has 0 N–H and O–H groups in total. The van der Waals surface area contributed by atoms with Crippen LogP contribution in [0.25, 0.3) is 0 Å². The molecule has 3 saturated heterocycles. The highest BCUT2D eigenvalue weighted by Crippen LogP contribution is 2.63. The summed E-state index contributed by atoms with van der Waals surface area (Å²) in [7, 11) is 0. The minimum Gasteiger partial charge on any atom is -0.374 e. The van der Waals surface area contributed by atoms with Crippen LogP contribution in [-0.4, -0.2) is 24.4 Å². The minimum absolute atomic E-state index is 0.00255. The molecule has 6 atom stereocenters. The van der Waals surface area contributed by atoms with Gasteiger partial charge in [-0.05, 0) is 25.7 Å². The molecule has 3 aliphatic heterocycles. The number of hydrogen-bond donors (Lipinski definition) is 0. The van der Waals surface area contributed by atoms with E-state index in [1.165, 1.54) is 0 Å². The maximum Gasteiger partial charge on any atom is 0.0688 e. The van der Waals surface area contributed by atoms with E-state index in [-0.39, 0.29) is 11.0 Å². The van der Waals surface area contributed by atoms with Crippen LogP contribution in [0.4, 0.5) is 0 Å². The maximum absolute atomic E-state index is 6.22. The maximum atomic E-state index is 6.22. The van der Waals surface area contributed by atoms with E-state index in [1.54, 1.807) is 0 Å². The van der Waals surface area contributed by atoms with Crippen molar-refractivity contribution in [3.05, 3.63) is 0 Å². The van der Waals surface area contributed by atoms with Gasteiger partial charge in [-0.2, -0.15) is 0 Å². The summed E-state index contributed by atoms with van der Waals surface area (Å²) in [5.41, 5.74) is 0.267. The third kappa shape index (κ3) is 0.980. The summed E-state index contributed by atoms with van der Waals surface area (Å²) in [6, 6.07) is 0. The molecule has 6 unspecified atom stereocenters. The SMILES string of the molecule is CC1C(C)C2OC1C1C(C)(C)OCC21C. The number of rotatable bonds is 0. The molecule has 2 bridgehead atoms. The molecule has 2 nitrogen and oxygen atoms in total. The van der Waals surface area contributed by atoms with Crippen molar-refractivity contribution in [3.8, 4) is 0 Å².